The predicted octanol–water partition coefficient (Wildman–Crippen LogP) is 2.01. The summed E-state index contributed by atoms with van der Waals surface area (Å²) < 4.78 is 0. The van der Waals surface area contributed by atoms with Gasteiger partial charge in [0.2, 0.25) is 5.91 Å². The lowest BCUT2D eigenvalue weighted by atomic mass is 9.96. The summed E-state index contributed by atoms with van der Waals surface area (Å²) in [5.41, 5.74) is 0.560. The molecule has 0 spiro atoms. The molecule has 1 saturated carbocycles. The molecule has 156 valence electrons. The summed E-state index contributed by atoms with van der Waals surface area (Å²) in [4.78, 5) is 32.6. The molecular weight excluding hydrogens is 368 g/mol. The van der Waals surface area contributed by atoms with Gasteiger partial charge in [-0.25, -0.2) is 9.78 Å². The second-order valence-corrected chi connectivity index (χ2v) is 7.69. The Morgan fingerprint density at radius 1 is 1.17 bits per heavy atom. The van der Waals surface area contributed by atoms with E-state index in [1.54, 1.807) is 18.3 Å². The van der Waals surface area contributed by atoms with Crippen LogP contribution < -0.4 is 15.5 Å². The van der Waals surface area contributed by atoms with Crippen LogP contribution in [0.25, 0.3) is 0 Å². The highest BCUT2D eigenvalue weighted by atomic mass is 16.2. The molecule has 0 unspecified atom stereocenters. The van der Waals surface area contributed by atoms with Gasteiger partial charge in [-0.15, -0.1) is 0 Å². The van der Waals surface area contributed by atoms with E-state index in [0.717, 1.165) is 12.8 Å². The maximum atomic E-state index is 12.4. The Kier molecular flexibility index (Phi) is 7.68. The molecule has 0 aromatic carbocycles. The number of urea groups is 1. The quantitative estimate of drug-likeness (QED) is 0.714. The Bertz CT molecular complexity index is 733. The van der Waals surface area contributed by atoms with E-state index in [1.165, 1.54) is 19.3 Å². The third kappa shape index (κ3) is 6.08. The van der Waals surface area contributed by atoms with Crippen LogP contribution in [0.4, 0.5) is 10.6 Å². The maximum Gasteiger partial charge on any atom is 0.315 e. The molecule has 2 heterocycles. The van der Waals surface area contributed by atoms with E-state index in [4.69, 9.17) is 0 Å². The van der Waals surface area contributed by atoms with Crippen molar-refractivity contribution in [3.8, 4) is 6.07 Å². The first-order valence-corrected chi connectivity index (χ1v) is 10.6. The van der Waals surface area contributed by atoms with Crippen LogP contribution in [0.5, 0.6) is 0 Å². The van der Waals surface area contributed by atoms with Crippen molar-refractivity contribution >= 4 is 17.8 Å². The van der Waals surface area contributed by atoms with E-state index in [0.29, 0.717) is 63.0 Å². The number of hydrogen-bond acceptors (Lipinski definition) is 5. The average Bonchev–Trinajstić information content (AvgIpc) is 2.77. The number of pyridine rings is 1. The molecule has 2 N–H and O–H groups in total. The molecule has 1 aromatic rings. The first kappa shape index (κ1) is 20.9. The molecule has 0 atom stereocenters. The van der Waals surface area contributed by atoms with E-state index < -0.39 is 0 Å². The maximum absolute atomic E-state index is 12.4. The fourth-order valence-corrected chi connectivity index (χ4v) is 3.99. The van der Waals surface area contributed by atoms with E-state index in [-0.39, 0.29) is 11.9 Å². The summed E-state index contributed by atoms with van der Waals surface area (Å²) in [6.45, 7) is 3.08. The van der Waals surface area contributed by atoms with Crippen LogP contribution in [-0.4, -0.2) is 60.6 Å². The summed E-state index contributed by atoms with van der Waals surface area (Å²) >= 11 is 0. The van der Waals surface area contributed by atoms with Gasteiger partial charge in [-0.2, -0.15) is 5.26 Å². The Morgan fingerprint density at radius 3 is 2.66 bits per heavy atom. The number of nitrogens with one attached hydrogen (secondary N) is 2. The van der Waals surface area contributed by atoms with Crippen molar-refractivity contribution in [2.75, 3.05) is 37.6 Å². The minimum atomic E-state index is -0.123. The van der Waals surface area contributed by atoms with Gasteiger partial charge in [0, 0.05) is 51.4 Å². The summed E-state index contributed by atoms with van der Waals surface area (Å²) in [5.74, 6) is 0.802. The van der Waals surface area contributed by atoms with E-state index in [2.05, 4.69) is 26.6 Å². The van der Waals surface area contributed by atoms with Crippen molar-refractivity contribution in [1.82, 2.24) is 20.5 Å². The van der Waals surface area contributed by atoms with Crippen LogP contribution in [0.3, 0.4) is 0 Å². The van der Waals surface area contributed by atoms with Gasteiger partial charge in [0.1, 0.15) is 11.9 Å². The molecule has 0 radical (unpaired) electrons. The minimum absolute atomic E-state index is 0.112. The highest BCUT2D eigenvalue weighted by Crippen LogP contribution is 2.19. The lowest BCUT2D eigenvalue weighted by Gasteiger charge is -2.35. The zero-order valence-corrected chi connectivity index (χ0v) is 16.9. The van der Waals surface area contributed by atoms with Gasteiger partial charge in [-0.1, -0.05) is 19.3 Å². The molecule has 1 saturated heterocycles. The number of aromatic nitrogens is 1. The van der Waals surface area contributed by atoms with Crippen LogP contribution >= 0.6 is 0 Å². The zero-order chi connectivity index (χ0) is 20.5. The van der Waals surface area contributed by atoms with Gasteiger partial charge in [0.05, 0.1) is 5.56 Å². The number of amides is 3. The van der Waals surface area contributed by atoms with Crippen molar-refractivity contribution in [3.63, 3.8) is 0 Å². The highest BCUT2D eigenvalue weighted by Gasteiger charge is 2.23. The molecule has 1 aliphatic carbocycles. The molecule has 3 amide bonds. The van der Waals surface area contributed by atoms with Crippen LogP contribution in [0.2, 0.25) is 0 Å². The number of anilines is 1. The first-order valence-electron chi connectivity index (χ1n) is 10.6. The van der Waals surface area contributed by atoms with Gasteiger partial charge >= 0.3 is 6.03 Å². The van der Waals surface area contributed by atoms with Crippen molar-refractivity contribution < 1.29 is 9.59 Å². The van der Waals surface area contributed by atoms with E-state index in [9.17, 15) is 14.9 Å². The number of nitrogens with zero attached hydrogens (tertiary/aromatic N) is 4. The van der Waals surface area contributed by atoms with Crippen molar-refractivity contribution in [2.24, 2.45) is 0 Å². The summed E-state index contributed by atoms with van der Waals surface area (Å²) in [5, 5.41) is 15.1. The van der Waals surface area contributed by atoms with Crippen LogP contribution in [0.15, 0.2) is 18.3 Å². The third-order valence-corrected chi connectivity index (χ3v) is 5.63. The summed E-state index contributed by atoms with van der Waals surface area (Å²) in [6.07, 6.45) is 8.50. The number of nitriles is 1. The van der Waals surface area contributed by atoms with Crippen molar-refractivity contribution in [1.29, 1.82) is 5.26 Å². The Labute approximate surface area is 172 Å². The molecule has 8 heteroatoms. The topological polar surface area (TPSA) is 101 Å². The van der Waals surface area contributed by atoms with Gasteiger partial charge in [0.25, 0.3) is 0 Å². The number of carbonyl (C=O) groups is 2. The molecule has 1 aromatic heterocycles. The lowest BCUT2D eigenvalue weighted by molar-refractivity contribution is -0.131. The lowest BCUT2D eigenvalue weighted by Crippen LogP contribution is -2.49. The number of piperazine rings is 1. The predicted molar refractivity (Wildman–Crippen MR) is 110 cm³/mol. The van der Waals surface area contributed by atoms with E-state index in [1.807, 2.05) is 4.90 Å². The molecule has 3 rings (SSSR count). The second kappa shape index (κ2) is 10.6. The van der Waals surface area contributed by atoms with Crippen LogP contribution in [0, 0.1) is 11.3 Å². The van der Waals surface area contributed by atoms with Gasteiger partial charge in [-0.3, -0.25) is 4.79 Å². The second-order valence-electron chi connectivity index (χ2n) is 7.69. The molecule has 2 fully saturated rings. The van der Waals surface area contributed by atoms with Gasteiger partial charge in [0.15, 0.2) is 0 Å². The number of rotatable bonds is 6. The molecule has 0 bridgehead atoms. The highest BCUT2D eigenvalue weighted by molar-refractivity contribution is 5.77. The fourth-order valence-electron chi connectivity index (χ4n) is 3.99. The monoisotopic (exact) mass is 398 g/mol. The summed E-state index contributed by atoms with van der Waals surface area (Å²) in [6, 6.07) is 5.86. The SMILES string of the molecule is N#Cc1cccnc1N1CCN(C(=O)CCCNC(=O)NC2CCCCC2)CC1. The van der Waals surface area contributed by atoms with Crippen LogP contribution in [0.1, 0.15) is 50.5 Å². The first-order chi connectivity index (χ1) is 14.2. The molecule has 29 heavy (non-hydrogen) atoms. The van der Waals surface area contributed by atoms with Crippen molar-refractivity contribution in [3.05, 3.63) is 23.9 Å². The van der Waals surface area contributed by atoms with E-state index >= 15 is 0 Å². The Hall–Kier alpha value is -2.82. The zero-order valence-electron chi connectivity index (χ0n) is 16.9. The largest absolute Gasteiger partial charge is 0.352 e. The molecule has 8 nitrogen and oxygen atoms in total. The molecule has 1 aliphatic heterocycles. The Balaban J connectivity index is 1.32. The van der Waals surface area contributed by atoms with Crippen molar-refractivity contribution in [2.45, 2.75) is 51.0 Å². The standard InChI is InChI=1S/C21H30N6O2/c22-16-17-6-4-10-23-20(17)27-14-12-26(13-15-27)19(28)9-5-11-24-21(29)25-18-7-2-1-3-8-18/h4,6,10,18H,1-3,5,7-9,11-15H2,(H2,24,25,29). The fraction of sp³-hybridized carbons (Fsp3) is 0.619. The van der Waals surface area contributed by atoms with Gasteiger partial charge < -0.3 is 20.4 Å². The smallest absolute Gasteiger partial charge is 0.315 e. The molecule has 2 aliphatic rings. The third-order valence-electron chi connectivity index (χ3n) is 5.63. The average molecular weight is 399 g/mol. The number of hydrogen-bond donors (Lipinski definition) is 2. The Morgan fingerprint density at radius 2 is 1.93 bits per heavy atom. The summed E-state index contributed by atoms with van der Waals surface area (Å²) in [7, 11) is 0. The van der Waals surface area contributed by atoms with Gasteiger partial charge in [-0.05, 0) is 31.4 Å². The number of carbonyl (C=O) groups excluding carboxylic acids is 2. The van der Waals surface area contributed by atoms with Crippen LogP contribution in [-0.2, 0) is 4.79 Å². The normalized spacial score (nSPS) is 17.5. The minimum Gasteiger partial charge on any atom is -0.352 e. The molecular formula is C21H30N6O2.